The molecule has 0 aliphatic rings. The number of nitrogens with zero attached hydrogens (tertiary/aromatic N) is 2. The number of rotatable bonds is 10. The lowest BCUT2D eigenvalue weighted by atomic mass is 10.0. The minimum absolute atomic E-state index is 0.0452. The number of aromatic nitrogens is 2. The lowest BCUT2D eigenvalue weighted by molar-refractivity contribution is -0.138. The van der Waals surface area contributed by atoms with Crippen LogP contribution in [0.1, 0.15) is 53.8 Å². The number of nitrogens with one attached hydrogen (secondary N) is 1. The molecular formula is C24H24F3N3O4. The smallest absolute Gasteiger partial charge is 0.419 e. The Hall–Kier alpha value is -3.82. The highest BCUT2D eigenvalue weighted by molar-refractivity contribution is 5.94. The fourth-order valence-corrected chi connectivity index (χ4v) is 3.24. The summed E-state index contributed by atoms with van der Waals surface area (Å²) in [5, 5.41) is 15.0. The van der Waals surface area contributed by atoms with Gasteiger partial charge in [-0.05, 0) is 48.4 Å². The maximum Gasteiger partial charge on any atom is 0.419 e. The van der Waals surface area contributed by atoms with Crippen LogP contribution in [0, 0.1) is 0 Å². The molecule has 0 aliphatic heterocycles. The third-order valence-electron chi connectivity index (χ3n) is 5.01. The van der Waals surface area contributed by atoms with E-state index in [9.17, 15) is 22.8 Å². The van der Waals surface area contributed by atoms with Crippen LogP contribution in [0.3, 0.4) is 0 Å². The molecule has 1 aromatic heterocycles. The summed E-state index contributed by atoms with van der Waals surface area (Å²) in [6.45, 7) is 2.06. The summed E-state index contributed by atoms with van der Waals surface area (Å²) in [5.41, 5.74) is 0.907. The molecule has 1 atom stereocenters. The second kappa shape index (κ2) is 10.9. The molecule has 2 aromatic carbocycles. The fraction of sp³-hybridized carbons (Fsp3) is 0.292. The van der Waals surface area contributed by atoms with Gasteiger partial charge in [-0.3, -0.25) is 9.59 Å². The molecule has 1 unspecified atom stereocenters. The Morgan fingerprint density at radius 3 is 2.35 bits per heavy atom. The Morgan fingerprint density at radius 2 is 1.79 bits per heavy atom. The maximum atomic E-state index is 12.8. The molecular weight excluding hydrogens is 451 g/mol. The Bertz CT molecular complexity index is 1110. The molecule has 0 radical (unpaired) electrons. The third kappa shape index (κ3) is 6.60. The molecule has 1 amide bonds. The van der Waals surface area contributed by atoms with Gasteiger partial charge in [0.1, 0.15) is 11.9 Å². The Morgan fingerprint density at radius 1 is 1.12 bits per heavy atom. The van der Waals surface area contributed by atoms with Crippen molar-refractivity contribution in [1.82, 2.24) is 15.1 Å². The number of ether oxygens (including phenoxy) is 1. The number of carbonyl (C=O) groups excluding carboxylic acids is 1. The van der Waals surface area contributed by atoms with Crippen LogP contribution in [0.25, 0.3) is 5.69 Å². The van der Waals surface area contributed by atoms with E-state index in [4.69, 9.17) is 9.84 Å². The molecule has 0 saturated heterocycles. The number of carboxylic acids is 1. The fourth-order valence-electron chi connectivity index (χ4n) is 3.24. The van der Waals surface area contributed by atoms with E-state index in [1.807, 2.05) is 6.92 Å². The monoisotopic (exact) mass is 475 g/mol. The summed E-state index contributed by atoms with van der Waals surface area (Å²) in [6, 6.07) is 13.4. The number of halogens is 3. The normalized spacial score (nSPS) is 12.2. The molecule has 2 N–H and O–H groups in total. The first-order chi connectivity index (χ1) is 16.2. The number of hydrogen-bond acceptors (Lipinski definition) is 4. The van der Waals surface area contributed by atoms with Crippen molar-refractivity contribution in [2.45, 2.75) is 38.5 Å². The largest absolute Gasteiger partial charge is 0.486 e. The van der Waals surface area contributed by atoms with E-state index < -0.39 is 17.7 Å². The number of hydrogen-bond donors (Lipinski definition) is 2. The zero-order chi connectivity index (χ0) is 24.7. The summed E-state index contributed by atoms with van der Waals surface area (Å²) in [5.74, 6) is -0.802. The molecule has 10 heteroatoms. The van der Waals surface area contributed by atoms with Gasteiger partial charge < -0.3 is 15.2 Å². The minimum atomic E-state index is -4.45. The minimum Gasteiger partial charge on any atom is -0.486 e. The van der Waals surface area contributed by atoms with Crippen LogP contribution in [0.4, 0.5) is 13.2 Å². The van der Waals surface area contributed by atoms with Crippen molar-refractivity contribution in [2.24, 2.45) is 0 Å². The number of benzene rings is 2. The summed E-state index contributed by atoms with van der Waals surface area (Å²) in [6.07, 6.45) is -1.65. The quantitative estimate of drug-likeness (QED) is 0.430. The lowest BCUT2D eigenvalue weighted by Crippen LogP contribution is -2.26. The van der Waals surface area contributed by atoms with Crippen molar-refractivity contribution in [1.29, 1.82) is 0 Å². The molecule has 0 fully saturated rings. The highest BCUT2D eigenvalue weighted by atomic mass is 19.4. The van der Waals surface area contributed by atoms with E-state index in [0.29, 0.717) is 23.4 Å². The van der Waals surface area contributed by atoms with Crippen LogP contribution >= 0.6 is 0 Å². The molecule has 0 spiro atoms. The van der Waals surface area contributed by atoms with Crippen molar-refractivity contribution in [2.75, 3.05) is 6.54 Å². The van der Waals surface area contributed by atoms with Gasteiger partial charge in [0.25, 0.3) is 5.91 Å². The standard InChI is InChI=1S/C24H24F3N3O4/c1-2-3-21(16-4-6-17(7-5-16)23(33)28-13-12-22(31)32)34-20-10-8-19(9-11-20)30-15-18(14-29-30)24(25,26)27/h4-11,14-15,21H,2-3,12-13H2,1H3,(H,28,33)(H,31,32). The summed E-state index contributed by atoms with van der Waals surface area (Å²) in [4.78, 5) is 22.7. The van der Waals surface area contributed by atoms with Crippen LogP contribution in [-0.4, -0.2) is 33.3 Å². The van der Waals surface area contributed by atoms with E-state index in [1.165, 1.54) is 0 Å². The van der Waals surface area contributed by atoms with Crippen molar-refractivity contribution in [3.8, 4) is 11.4 Å². The molecule has 0 aliphatic carbocycles. The van der Waals surface area contributed by atoms with E-state index >= 15 is 0 Å². The molecule has 0 saturated carbocycles. The first kappa shape index (κ1) is 24.8. The van der Waals surface area contributed by atoms with Gasteiger partial charge in [0.15, 0.2) is 0 Å². The van der Waals surface area contributed by atoms with Crippen molar-refractivity contribution in [3.63, 3.8) is 0 Å². The van der Waals surface area contributed by atoms with E-state index in [-0.39, 0.29) is 25.0 Å². The van der Waals surface area contributed by atoms with Gasteiger partial charge in [0.2, 0.25) is 0 Å². The average molecular weight is 475 g/mol. The van der Waals surface area contributed by atoms with Gasteiger partial charge >= 0.3 is 12.1 Å². The highest BCUT2D eigenvalue weighted by Gasteiger charge is 2.32. The zero-order valence-electron chi connectivity index (χ0n) is 18.4. The molecule has 3 rings (SSSR count). The second-order valence-electron chi connectivity index (χ2n) is 7.58. The van der Waals surface area contributed by atoms with E-state index in [0.717, 1.165) is 29.1 Å². The molecule has 34 heavy (non-hydrogen) atoms. The Balaban J connectivity index is 1.67. The molecule has 7 nitrogen and oxygen atoms in total. The second-order valence-corrected chi connectivity index (χ2v) is 7.58. The number of amides is 1. The van der Waals surface area contributed by atoms with Crippen LogP contribution in [0.15, 0.2) is 60.9 Å². The predicted octanol–water partition coefficient (Wildman–Crippen LogP) is 5.02. The van der Waals surface area contributed by atoms with Crippen LogP contribution in [0.2, 0.25) is 0 Å². The number of carbonyl (C=O) groups is 2. The van der Waals surface area contributed by atoms with Crippen LogP contribution in [-0.2, 0) is 11.0 Å². The van der Waals surface area contributed by atoms with Gasteiger partial charge in [0, 0.05) is 18.3 Å². The van der Waals surface area contributed by atoms with Gasteiger partial charge in [-0.15, -0.1) is 0 Å². The van der Waals surface area contributed by atoms with Crippen LogP contribution < -0.4 is 10.1 Å². The van der Waals surface area contributed by atoms with Crippen molar-refractivity contribution in [3.05, 3.63) is 77.6 Å². The first-order valence-electron chi connectivity index (χ1n) is 10.7. The van der Waals surface area contributed by atoms with E-state index in [1.54, 1.807) is 48.5 Å². The molecule has 1 heterocycles. The number of carboxylic acid groups (broad SMARTS) is 1. The number of aliphatic carboxylic acids is 1. The summed E-state index contributed by atoms with van der Waals surface area (Å²) < 4.78 is 45.6. The predicted molar refractivity (Wildman–Crippen MR) is 118 cm³/mol. The van der Waals surface area contributed by atoms with E-state index in [2.05, 4.69) is 10.4 Å². The Kier molecular flexibility index (Phi) is 7.93. The molecule has 3 aromatic rings. The van der Waals surface area contributed by atoms with Gasteiger partial charge in [0.05, 0.1) is 23.9 Å². The first-order valence-corrected chi connectivity index (χ1v) is 10.7. The van der Waals surface area contributed by atoms with Crippen LogP contribution in [0.5, 0.6) is 5.75 Å². The zero-order valence-corrected chi connectivity index (χ0v) is 18.4. The van der Waals surface area contributed by atoms with Crippen molar-refractivity contribution >= 4 is 11.9 Å². The van der Waals surface area contributed by atoms with Gasteiger partial charge in [-0.25, -0.2) is 4.68 Å². The highest BCUT2D eigenvalue weighted by Crippen LogP contribution is 2.30. The Labute approximate surface area is 194 Å². The maximum absolute atomic E-state index is 12.8. The summed E-state index contributed by atoms with van der Waals surface area (Å²) in [7, 11) is 0. The van der Waals surface area contributed by atoms with Gasteiger partial charge in [-0.1, -0.05) is 25.5 Å². The van der Waals surface area contributed by atoms with Crippen molar-refractivity contribution < 1.29 is 32.6 Å². The molecule has 0 bridgehead atoms. The topological polar surface area (TPSA) is 93.5 Å². The SMILES string of the molecule is CCCC(Oc1ccc(-n2cc(C(F)(F)F)cn2)cc1)c1ccc(C(=O)NCCC(=O)O)cc1. The average Bonchev–Trinajstić information content (AvgIpc) is 3.30. The van der Waals surface area contributed by atoms with Gasteiger partial charge in [-0.2, -0.15) is 18.3 Å². The number of alkyl halides is 3. The third-order valence-corrected chi connectivity index (χ3v) is 5.01. The summed E-state index contributed by atoms with van der Waals surface area (Å²) >= 11 is 0. The lowest BCUT2D eigenvalue weighted by Gasteiger charge is -2.19. The molecule has 180 valence electrons.